The maximum absolute atomic E-state index is 2.43. The van der Waals surface area contributed by atoms with Crippen LogP contribution in [-0.2, 0) is 0 Å². The summed E-state index contributed by atoms with van der Waals surface area (Å²) in [4.78, 5) is 0. The van der Waals surface area contributed by atoms with Crippen molar-refractivity contribution in [2.75, 3.05) is 0 Å². The normalized spacial score (nSPS) is 11.5. The summed E-state index contributed by atoms with van der Waals surface area (Å²) in [5, 5.41) is 9.93. The fourth-order valence-electron chi connectivity index (χ4n) is 8.85. The molecule has 1 heteroatoms. The summed E-state index contributed by atoms with van der Waals surface area (Å²) in [6, 6.07) is 82.2. The first-order valence-electron chi connectivity index (χ1n) is 19.7. The minimum absolute atomic E-state index is 1.12. The monoisotopic (exact) mass is 723 g/mol. The Morgan fingerprint density at radius 1 is 0.228 bits per heavy atom. The summed E-state index contributed by atoms with van der Waals surface area (Å²) in [6.07, 6.45) is 0. The zero-order valence-electron chi connectivity index (χ0n) is 31.3. The van der Waals surface area contributed by atoms with Gasteiger partial charge in [0.1, 0.15) is 0 Å². The van der Waals surface area contributed by atoms with Crippen molar-refractivity contribution in [3.05, 3.63) is 224 Å². The Kier molecular flexibility index (Phi) is 7.89. The Morgan fingerprint density at radius 2 is 0.667 bits per heavy atom. The van der Waals surface area contributed by atoms with Gasteiger partial charge in [0.15, 0.2) is 0 Å². The second-order valence-electron chi connectivity index (χ2n) is 14.9. The fourth-order valence-corrected chi connectivity index (χ4v) is 8.85. The molecular weight excluding hydrogens is 687 g/mol. The predicted molar refractivity (Wildman–Crippen MR) is 243 cm³/mol. The third kappa shape index (κ3) is 5.72. The molecule has 0 aliphatic rings. The van der Waals surface area contributed by atoms with Crippen LogP contribution in [0.15, 0.2) is 224 Å². The largest absolute Gasteiger partial charge is 0.309 e. The van der Waals surface area contributed by atoms with E-state index in [0.29, 0.717) is 0 Å². The van der Waals surface area contributed by atoms with Crippen LogP contribution in [0.4, 0.5) is 0 Å². The highest BCUT2D eigenvalue weighted by molar-refractivity contribution is 6.22. The SMILES string of the molecule is c1ccc(-c2ccc(-c3ccccc3)n2-c2ccc3c(-c4ccc5ccccc5c4)c4ccccc4c(-c4ccc(-c5ccc6ccccc6c5)cc4)c3c2)cc1. The van der Waals surface area contributed by atoms with Crippen LogP contribution in [0.25, 0.3) is 105 Å². The van der Waals surface area contributed by atoms with E-state index in [-0.39, 0.29) is 0 Å². The molecule has 0 saturated heterocycles. The standard InChI is InChI=1S/C56H37N/c1-3-15-41(16-4-1)53-33-34-54(42-17-5-2-6-18-42)57(53)48-31-32-51-52(37-48)55(43-27-23-40(24-28-43)46-29-25-38-13-7-9-19-44(38)35-46)49-21-11-12-22-50(49)56(51)47-30-26-39-14-8-10-20-45(39)36-47/h1-37H. The molecule has 0 N–H and O–H groups in total. The summed E-state index contributed by atoms with van der Waals surface area (Å²) in [7, 11) is 0. The van der Waals surface area contributed by atoms with E-state index in [9.17, 15) is 0 Å². The van der Waals surface area contributed by atoms with Crippen LogP contribution in [0.3, 0.4) is 0 Å². The summed E-state index contributed by atoms with van der Waals surface area (Å²) in [5.41, 5.74) is 13.1. The van der Waals surface area contributed by atoms with E-state index < -0.39 is 0 Å². The van der Waals surface area contributed by atoms with E-state index in [1.807, 2.05) is 0 Å². The van der Waals surface area contributed by atoms with Crippen LogP contribution < -0.4 is 0 Å². The van der Waals surface area contributed by atoms with Crippen LogP contribution in [0.2, 0.25) is 0 Å². The van der Waals surface area contributed by atoms with Gasteiger partial charge in [0.25, 0.3) is 0 Å². The summed E-state index contributed by atoms with van der Waals surface area (Å²) >= 11 is 0. The number of nitrogens with zero attached hydrogens (tertiary/aromatic N) is 1. The minimum atomic E-state index is 1.12. The van der Waals surface area contributed by atoms with Gasteiger partial charge in [-0.2, -0.15) is 0 Å². The van der Waals surface area contributed by atoms with Crippen molar-refractivity contribution in [3.8, 4) is 61.6 Å². The third-order valence-corrected chi connectivity index (χ3v) is 11.6. The number of hydrogen-bond acceptors (Lipinski definition) is 0. The van der Waals surface area contributed by atoms with E-state index in [4.69, 9.17) is 0 Å². The van der Waals surface area contributed by atoms with Crippen molar-refractivity contribution in [2.45, 2.75) is 0 Å². The molecule has 0 bridgehead atoms. The lowest BCUT2D eigenvalue weighted by Gasteiger charge is -2.21. The maximum Gasteiger partial charge on any atom is 0.0535 e. The van der Waals surface area contributed by atoms with Crippen LogP contribution in [-0.4, -0.2) is 4.57 Å². The van der Waals surface area contributed by atoms with Gasteiger partial charge in [-0.25, -0.2) is 0 Å². The highest BCUT2D eigenvalue weighted by Crippen LogP contribution is 2.46. The minimum Gasteiger partial charge on any atom is -0.309 e. The lowest BCUT2D eigenvalue weighted by molar-refractivity contribution is 1.10. The molecule has 0 aliphatic carbocycles. The molecule has 57 heavy (non-hydrogen) atoms. The zero-order valence-corrected chi connectivity index (χ0v) is 31.3. The molecule has 1 nitrogen and oxygen atoms in total. The third-order valence-electron chi connectivity index (χ3n) is 11.6. The molecule has 0 aliphatic heterocycles. The van der Waals surface area contributed by atoms with E-state index in [2.05, 4.69) is 229 Å². The number of fused-ring (bicyclic) bond motifs is 4. The molecule has 266 valence electrons. The van der Waals surface area contributed by atoms with Crippen molar-refractivity contribution in [1.29, 1.82) is 0 Å². The molecule has 0 unspecified atom stereocenters. The number of rotatable bonds is 6. The van der Waals surface area contributed by atoms with Crippen molar-refractivity contribution in [3.63, 3.8) is 0 Å². The molecule has 1 aromatic heterocycles. The first kappa shape index (κ1) is 32.9. The Hall–Kier alpha value is -7.48. The molecule has 0 atom stereocenters. The molecule has 10 aromatic carbocycles. The van der Waals surface area contributed by atoms with Crippen LogP contribution >= 0.6 is 0 Å². The van der Waals surface area contributed by atoms with Crippen molar-refractivity contribution >= 4 is 43.1 Å². The Balaban J connectivity index is 1.19. The van der Waals surface area contributed by atoms with Crippen LogP contribution in [0.1, 0.15) is 0 Å². The molecule has 0 spiro atoms. The Bertz CT molecular complexity index is 3210. The van der Waals surface area contributed by atoms with Gasteiger partial charge in [-0.1, -0.05) is 188 Å². The molecule has 0 saturated carbocycles. The molecule has 0 fully saturated rings. The average Bonchev–Trinajstić information content (AvgIpc) is 3.74. The summed E-state index contributed by atoms with van der Waals surface area (Å²) in [6.45, 7) is 0. The first-order chi connectivity index (χ1) is 28.3. The number of aromatic nitrogens is 1. The Morgan fingerprint density at radius 3 is 1.26 bits per heavy atom. The first-order valence-corrected chi connectivity index (χ1v) is 19.7. The summed E-state index contributed by atoms with van der Waals surface area (Å²) < 4.78 is 2.43. The second-order valence-corrected chi connectivity index (χ2v) is 14.9. The molecule has 1 heterocycles. The lowest BCUT2D eigenvalue weighted by Crippen LogP contribution is -2.00. The van der Waals surface area contributed by atoms with Gasteiger partial charge in [-0.05, 0) is 124 Å². The van der Waals surface area contributed by atoms with Gasteiger partial charge in [0.05, 0.1) is 11.4 Å². The van der Waals surface area contributed by atoms with E-state index in [0.717, 1.165) is 17.1 Å². The van der Waals surface area contributed by atoms with Gasteiger partial charge in [0, 0.05) is 5.69 Å². The van der Waals surface area contributed by atoms with Gasteiger partial charge in [-0.3, -0.25) is 0 Å². The summed E-state index contributed by atoms with van der Waals surface area (Å²) in [5.74, 6) is 0. The van der Waals surface area contributed by atoms with E-state index >= 15 is 0 Å². The quantitative estimate of drug-likeness (QED) is 0.151. The predicted octanol–water partition coefficient (Wildman–Crippen LogP) is 15.4. The number of benzene rings is 10. The molecule has 11 rings (SSSR count). The van der Waals surface area contributed by atoms with Crippen molar-refractivity contribution in [1.82, 2.24) is 4.57 Å². The Labute approximate surface area is 332 Å². The lowest BCUT2D eigenvalue weighted by atomic mass is 9.85. The maximum atomic E-state index is 2.43. The number of hydrogen-bond donors (Lipinski definition) is 0. The van der Waals surface area contributed by atoms with Crippen molar-refractivity contribution < 1.29 is 0 Å². The average molecular weight is 724 g/mol. The highest BCUT2D eigenvalue weighted by atomic mass is 15.0. The molecule has 11 aromatic rings. The van der Waals surface area contributed by atoms with Crippen molar-refractivity contribution in [2.24, 2.45) is 0 Å². The van der Waals surface area contributed by atoms with E-state index in [1.165, 1.54) is 87.6 Å². The molecular formula is C56H37N. The fraction of sp³-hybridized carbons (Fsp3) is 0. The van der Waals surface area contributed by atoms with Gasteiger partial charge < -0.3 is 4.57 Å². The second kappa shape index (κ2) is 13.7. The molecule has 0 radical (unpaired) electrons. The topological polar surface area (TPSA) is 4.93 Å². The highest BCUT2D eigenvalue weighted by Gasteiger charge is 2.20. The van der Waals surface area contributed by atoms with Crippen LogP contribution in [0, 0.1) is 0 Å². The van der Waals surface area contributed by atoms with E-state index in [1.54, 1.807) is 0 Å². The van der Waals surface area contributed by atoms with Gasteiger partial charge in [0.2, 0.25) is 0 Å². The van der Waals surface area contributed by atoms with Gasteiger partial charge >= 0.3 is 0 Å². The molecule has 0 amide bonds. The van der Waals surface area contributed by atoms with Crippen LogP contribution in [0.5, 0.6) is 0 Å². The zero-order chi connectivity index (χ0) is 37.7. The smallest absolute Gasteiger partial charge is 0.0535 e. The van der Waals surface area contributed by atoms with Gasteiger partial charge in [-0.15, -0.1) is 0 Å².